The molecule has 0 saturated carbocycles. The van der Waals surface area contributed by atoms with Crippen molar-refractivity contribution in [3.05, 3.63) is 42.5 Å². The number of nitrogen functional groups attached to an aromatic ring is 1. The lowest BCUT2D eigenvalue weighted by Gasteiger charge is -2.02. The van der Waals surface area contributed by atoms with Crippen molar-refractivity contribution in [1.29, 1.82) is 0 Å². The number of anilines is 3. The van der Waals surface area contributed by atoms with Crippen LogP contribution in [0.3, 0.4) is 0 Å². The number of rotatable bonds is 3. The predicted octanol–water partition coefficient (Wildman–Crippen LogP) is 3.16. The first-order valence-corrected chi connectivity index (χ1v) is 5.82. The fourth-order valence-electron chi connectivity index (χ4n) is 1.80. The van der Waals surface area contributed by atoms with E-state index in [0.29, 0.717) is 17.3 Å². The highest BCUT2D eigenvalue weighted by Gasteiger charge is 2.06. The van der Waals surface area contributed by atoms with E-state index < -0.39 is 0 Å². The Hall–Kier alpha value is -2.69. The van der Waals surface area contributed by atoms with Gasteiger partial charge in [-0.15, -0.1) is 0 Å². The van der Waals surface area contributed by atoms with E-state index in [0.717, 1.165) is 17.0 Å². The monoisotopic (exact) mass is 255 g/mol. The first kappa shape index (κ1) is 11.4. The number of nitrogens with two attached hydrogens (primary N) is 1. The molecule has 96 valence electrons. The van der Waals surface area contributed by atoms with Gasteiger partial charge in [0.25, 0.3) is 6.01 Å². The van der Waals surface area contributed by atoms with Crippen LogP contribution in [0.1, 0.15) is 0 Å². The highest BCUT2D eigenvalue weighted by molar-refractivity contribution is 5.78. The summed E-state index contributed by atoms with van der Waals surface area (Å²) in [5, 5.41) is 3.09. The van der Waals surface area contributed by atoms with E-state index in [9.17, 15) is 0 Å². The molecule has 0 aliphatic carbocycles. The lowest BCUT2D eigenvalue weighted by atomic mass is 10.3. The molecule has 3 rings (SSSR count). The van der Waals surface area contributed by atoms with Crippen molar-refractivity contribution < 1.29 is 9.15 Å². The molecule has 3 N–H and O–H groups in total. The Labute approximate surface area is 110 Å². The zero-order valence-corrected chi connectivity index (χ0v) is 10.4. The van der Waals surface area contributed by atoms with Gasteiger partial charge in [-0.25, -0.2) is 0 Å². The Balaban J connectivity index is 1.87. The summed E-state index contributed by atoms with van der Waals surface area (Å²) in [4.78, 5) is 4.32. The highest BCUT2D eigenvalue weighted by Crippen LogP contribution is 2.24. The summed E-state index contributed by atoms with van der Waals surface area (Å²) in [5.74, 6) is 0.802. The Morgan fingerprint density at radius 3 is 2.68 bits per heavy atom. The molecule has 1 heterocycles. The van der Waals surface area contributed by atoms with E-state index in [2.05, 4.69) is 10.3 Å². The number of hydrogen-bond donors (Lipinski definition) is 2. The van der Waals surface area contributed by atoms with Crippen LogP contribution in [0.15, 0.2) is 46.9 Å². The molecule has 0 atom stereocenters. The van der Waals surface area contributed by atoms with E-state index in [1.807, 2.05) is 24.3 Å². The van der Waals surface area contributed by atoms with E-state index in [-0.39, 0.29) is 0 Å². The molecule has 0 bridgehead atoms. The first-order chi connectivity index (χ1) is 9.24. The van der Waals surface area contributed by atoms with Crippen LogP contribution in [0, 0.1) is 0 Å². The number of aromatic nitrogens is 1. The zero-order valence-electron chi connectivity index (χ0n) is 10.4. The molecule has 2 aromatic carbocycles. The minimum atomic E-state index is 0.436. The lowest BCUT2D eigenvalue weighted by molar-refractivity contribution is 0.415. The van der Waals surface area contributed by atoms with Crippen molar-refractivity contribution in [1.82, 2.24) is 4.98 Å². The lowest BCUT2D eigenvalue weighted by Crippen LogP contribution is -1.90. The smallest absolute Gasteiger partial charge is 0.300 e. The van der Waals surface area contributed by atoms with E-state index in [4.69, 9.17) is 14.9 Å². The summed E-state index contributed by atoms with van der Waals surface area (Å²) < 4.78 is 10.7. The third-order valence-corrected chi connectivity index (χ3v) is 2.75. The Bertz CT molecular complexity index is 704. The summed E-state index contributed by atoms with van der Waals surface area (Å²) in [7, 11) is 1.63. The molecule has 0 fully saturated rings. The number of ether oxygens (including phenoxy) is 1. The van der Waals surface area contributed by atoms with E-state index in [1.54, 1.807) is 25.3 Å². The molecule has 0 aliphatic heterocycles. The molecule has 0 radical (unpaired) electrons. The van der Waals surface area contributed by atoms with Crippen molar-refractivity contribution in [3.8, 4) is 5.75 Å². The number of nitrogens with zero attached hydrogens (tertiary/aromatic N) is 1. The number of nitrogens with one attached hydrogen (secondary N) is 1. The number of benzene rings is 2. The van der Waals surface area contributed by atoms with Crippen LogP contribution in [0.4, 0.5) is 17.4 Å². The van der Waals surface area contributed by atoms with Crippen LogP contribution in [0.2, 0.25) is 0 Å². The van der Waals surface area contributed by atoms with Gasteiger partial charge in [0.05, 0.1) is 7.11 Å². The first-order valence-electron chi connectivity index (χ1n) is 5.82. The van der Waals surface area contributed by atoms with Gasteiger partial charge in [0.2, 0.25) is 0 Å². The van der Waals surface area contributed by atoms with Crippen LogP contribution in [-0.4, -0.2) is 12.1 Å². The minimum absolute atomic E-state index is 0.436. The maximum Gasteiger partial charge on any atom is 0.300 e. The largest absolute Gasteiger partial charge is 0.497 e. The van der Waals surface area contributed by atoms with Gasteiger partial charge < -0.3 is 20.2 Å². The maximum absolute atomic E-state index is 5.70. The van der Waals surface area contributed by atoms with Gasteiger partial charge in [-0.1, -0.05) is 0 Å². The molecule has 0 aliphatic rings. The fourth-order valence-corrected chi connectivity index (χ4v) is 1.80. The van der Waals surface area contributed by atoms with Gasteiger partial charge in [-0.2, -0.15) is 4.98 Å². The van der Waals surface area contributed by atoms with Gasteiger partial charge in [-0.3, -0.25) is 0 Å². The van der Waals surface area contributed by atoms with Crippen molar-refractivity contribution in [3.63, 3.8) is 0 Å². The Morgan fingerprint density at radius 1 is 1.16 bits per heavy atom. The molecule has 0 unspecified atom stereocenters. The van der Waals surface area contributed by atoms with Crippen LogP contribution < -0.4 is 15.8 Å². The molecule has 0 amide bonds. The molecule has 0 spiro atoms. The third-order valence-electron chi connectivity index (χ3n) is 2.75. The number of oxazole rings is 1. The number of hydrogen-bond acceptors (Lipinski definition) is 5. The van der Waals surface area contributed by atoms with Crippen molar-refractivity contribution in [2.24, 2.45) is 0 Å². The van der Waals surface area contributed by atoms with Crippen LogP contribution in [-0.2, 0) is 0 Å². The van der Waals surface area contributed by atoms with Gasteiger partial charge in [0.15, 0.2) is 5.58 Å². The summed E-state index contributed by atoms with van der Waals surface area (Å²) in [6, 6.07) is 13.3. The van der Waals surface area contributed by atoms with Crippen molar-refractivity contribution in [2.75, 3.05) is 18.2 Å². The quantitative estimate of drug-likeness (QED) is 0.703. The van der Waals surface area contributed by atoms with Crippen LogP contribution >= 0.6 is 0 Å². The highest BCUT2D eigenvalue weighted by atomic mass is 16.5. The summed E-state index contributed by atoms with van der Waals surface area (Å²) in [6.07, 6.45) is 0. The second kappa shape index (κ2) is 4.53. The van der Waals surface area contributed by atoms with Gasteiger partial charge in [0, 0.05) is 11.4 Å². The molecular formula is C14H13N3O2. The average Bonchev–Trinajstić information content (AvgIpc) is 2.81. The molecule has 5 heteroatoms. The second-order valence-corrected chi connectivity index (χ2v) is 4.10. The molecule has 3 aromatic rings. The van der Waals surface area contributed by atoms with Gasteiger partial charge in [0.1, 0.15) is 11.3 Å². The van der Waals surface area contributed by atoms with Crippen LogP contribution in [0.25, 0.3) is 11.1 Å². The molecule has 5 nitrogen and oxygen atoms in total. The fraction of sp³-hybridized carbons (Fsp3) is 0.0714. The Kier molecular flexibility index (Phi) is 2.72. The Morgan fingerprint density at radius 2 is 1.95 bits per heavy atom. The zero-order chi connectivity index (χ0) is 13.2. The SMILES string of the molecule is COc1ccc(Nc2nc3cc(N)ccc3o2)cc1. The van der Waals surface area contributed by atoms with E-state index in [1.165, 1.54) is 0 Å². The molecule has 1 aromatic heterocycles. The average molecular weight is 255 g/mol. The predicted molar refractivity (Wildman–Crippen MR) is 74.7 cm³/mol. The number of fused-ring (bicyclic) bond motifs is 1. The third kappa shape index (κ3) is 2.30. The number of methoxy groups -OCH3 is 1. The second-order valence-electron chi connectivity index (χ2n) is 4.10. The van der Waals surface area contributed by atoms with Crippen molar-refractivity contribution >= 4 is 28.5 Å². The molecular weight excluding hydrogens is 242 g/mol. The standard InChI is InChI=1S/C14H13N3O2/c1-18-11-5-3-10(4-6-11)16-14-17-12-8-9(15)2-7-13(12)19-14/h2-8H,15H2,1H3,(H,16,17). The summed E-state index contributed by atoms with van der Waals surface area (Å²) in [6.45, 7) is 0. The normalized spacial score (nSPS) is 10.6. The summed E-state index contributed by atoms with van der Waals surface area (Å²) in [5.41, 5.74) is 8.67. The van der Waals surface area contributed by atoms with Crippen molar-refractivity contribution in [2.45, 2.75) is 0 Å². The maximum atomic E-state index is 5.70. The topological polar surface area (TPSA) is 73.3 Å². The van der Waals surface area contributed by atoms with Gasteiger partial charge in [-0.05, 0) is 42.5 Å². The summed E-state index contributed by atoms with van der Waals surface area (Å²) >= 11 is 0. The van der Waals surface area contributed by atoms with E-state index >= 15 is 0 Å². The van der Waals surface area contributed by atoms with Gasteiger partial charge >= 0.3 is 0 Å². The van der Waals surface area contributed by atoms with Crippen LogP contribution in [0.5, 0.6) is 5.75 Å². The minimum Gasteiger partial charge on any atom is -0.497 e. The molecule has 0 saturated heterocycles. The molecule has 19 heavy (non-hydrogen) atoms.